The summed E-state index contributed by atoms with van der Waals surface area (Å²) in [6, 6.07) is 11.2. The van der Waals surface area contributed by atoms with Crippen molar-refractivity contribution in [3.8, 4) is 0 Å². The van der Waals surface area contributed by atoms with Gasteiger partial charge in [-0.2, -0.15) is 0 Å². The average Bonchev–Trinajstić information content (AvgIpc) is 3.17. The highest BCUT2D eigenvalue weighted by atomic mass is 32.1. The zero-order valence-electron chi connectivity index (χ0n) is 14.4. The van der Waals surface area contributed by atoms with Gasteiger partial charge in [0.15, 0.2) is 0 Å². The maximum absolute atomic E-state index is 12.6. The first-order chi connectivity index (χ1) is 12.8. The van der Waals surface area contributed by atoms with Crippen molar-refractivity contribution in [3.63, 3.8) is 0 Å². The van der Waals surface area contributed by atoms with Gasteiger partial charge in [0.1, 0.15) is 12.1 Å². The summed E-state index contributed by atoms with van der Waals surface area (Å²) in [5.74, 6) is -2.40. The molecule has 0 spiro atoms. The van der Waals surface area contributed by atoms with E-state index in [4.69, 9.17) is 11.5 Å². The normalized spacial score (nSPS) is 15.3. The Bertz CT molecular complexity index is 945. The smallest absolute Gasteiger partial charge is 0.352 e. The van der Waals surface area contributed by atoms with E-state index in [1.54, 1.807) is 6.07 Å². The van der Waals surface area contributed by atoms with Crippen molar-refractivity contribution < 1.29 is 19.2 Å². The SMILES string of the molecule is NC(=O)CC[N+]1(c2sc(Cc3ccccc3)cc2C(N)=O)C(=O)C=CC1=O. The van der Waals surface area contributed by atoms with Crippen LogP contribution in [0, 0.1) is 0 Å². The second kappa shape index (κ2) is 7.26. The van der Waals surface area contributed by atoms with Crippen LogP contribution >= 0.6 is 11.3 Å². The number of carbonyl (C=O) groups is 4. The molecule has 8 heteroatoms. The number of hydrogen-bond donors (Lipinski definition) is 2. The van der Waals surface area contributed by atoms with Gasteiger partial charge in [0, 0.05) is 11.3 Å². The molecule has 2 aromatic rings. The summed E-state index contributed by atoms with van der Waals surface area (Å²) >= 11 is 1.18. The first-order valence-corrected chi connectivity index (χ1v) is 9.07. The van der Waals surface area contributed by atoms with Crippen molar-refractivity contribution in [2.75, 3.05) is 6.54 Å². The van der Waals surface area contributed by atoms with Crippen LogP contribution in [-0.4, -0.2) is 30.2 Å². The van der Waals surface area contributed by atoms with E-state index in [-0.39, 0.29) is 23.5 Å². The summed E-state index contributed by atoms with van der Waals surface area (Å²) in [5.41, 5.74) is 11.9. The summed E-state index contributed by atoms with van der Waals surface area (Å²) in [6.07, 6.45) is 2.66. The Morgan fingerprint density at radius 3 is 2.19 bits per heavy atom. The second-order valence-corrected chi connectivity index (χ2v) is 7.33. The number of rotatable bonds is 7. The van der Waals surface area contributed by atoms with Crippen LogP contribution in [0.4, 0.5) is 5.00 Å². The van der Waals surface area contributed by atoms with Crippen molar-refractivity contribution in [3.05, 3.63) is 64.6 Å². The van der Waals surface area contributed by atoms with Crippen LogP contribution in [0.25, 0.3) is 0 Å². The Morgan fingerprint density at radius 2 is 1.63 bits per heavy atom. The van der Waals surface area contributed by atoms with E-state index in [0.717, 1.165) is 22.6 Å². The topological polar surface area (TPSA) is 120 Å². The Balaban J connectivity index is 2.09. The molecule has 1 aromatic carbocycles. The Labute approximate surface area is 159 Å². The van der Waals surface area contributed by atoms with E-state index in [9.17, 15) is 19.2 Å². The van der Waals surface area contributed by atoms with Crippen molar-refractivity contribution in [2.45, 2.75) is 12.8 Å². The monoisotopic (exact) mass is 384 g/mol. The van der Waals surface area contributed by atoms with Crippen LogP contribution in [0.5, 0.6) is 0 Å². The lowest BCUT2D eigenvalue weighted by Crippen LogP contribution is -2.56. The van der Waals surface area contributed by atoms with Gasteiger partial charge in [-0.15, -0.1) is 4.48 Å². The van der Waals surface area contributed by atoms with Crippen LogP contribution in [0.15, 0.2) is 48.6 Å². The molecule has 0 fully saturated rings. The third-order valence-electron chi connectivity index (χ3n) is 4.41. The van der Waals surface area contributed by atoms with Gasteiger partial charge >= 0.3 is 11.8 Å². The third kappa shape index (κ3) is 3.44. The van der Waals surface area contributed by atoms with Crippen LogP contribution in [0.1, 0.15) is 27.2 Å². The fourth-order valence-electron chi connectivity index (χ4n) is 3.08. The van der Waals surface area contributed by atoms with E-state index >= 15 is 0 Å². The lowest BCUT2D eigenvalue weighted by atomic mass is 10.1. The summed E-state index contributed by atoms with van der Waals surface area (Å²) in [7, 11) is 0. The van der Waals surface area contributed by atoms with Crippen LogP contribution in [0.3, 0.4) is 0 Å². The molecule has 4 N–H and O–H groups in total. The Kier molecular flexibility index (Phi) is 5.02. The average molecular weight is 384 g/mol. The number of benzene rings is 1. The number of nitrogens with two attached hydrogens (primary N) is 2. The number of hydrogen-bond acceptors (Lipinski definition) is 5. The number of thiophene rings is 1. The molecule has 7 nitrogen and oxygen atoms in total. The first-order valence-electron chi connectivity index (χ1n) is 8.25. The van der Waals surface area contributed by atoms with Crippen molar-refractivity contribution >= 4 is 40.0 Å². The van der Waals surface area contributed by atoms with Crippen LogP contribution < -0.4 is 16.0 Å². The van der Waals surface area contributed by atoms with Gasteiger partial charge in [-0.25, -0.2) is 9.59 Å². The molecule has 27 heavy (non-hydrogen) atoms. The minimum atomic E-state index is -0.763. The van der Waals surface area contributed by atoms with Crippen LogP contribution in [0.2, 0.25) is 0 Å². The number of nitrogens with zero attached hydrogens (tertiary/aromatic N) is 1. The molecule has 0 saturated heterocycles. The van der Waals surface area contributed by atoms with Gasteiger partial charge in [-0.1, -0.05) is 41.7 Å². The van der Waals surface area contributed by atoms with E-state index in [2.05, 4.69) is 0 Å². The first kappa shape index (κ1) is 18.7. The van der Waals surface area contributed by atoms with Gasteiger partial charge in [0.05, 0.1) is 18.6 Å². The van der Waals surface area contributed by atoms with Crippen molar-refractivity contribution in [1.29, 1.82) is 0 Å². The maximum atomic E-state index is 12.6. The molecule has 2 heterocycles. The lowest BCUT2D eigenvalue weighted by Gasteiger charge is -2.26. The molecule has 1 aromatic heterocycles. The van der Waals surface area contributed by atoms with Gasteiger partial charge in [0.25, 0.3) is 5.91 Å². The van der Waals surface area contributed by atoms with E-state index < -0.39 is 28.1 Å². The highest BCUT2D eigenvalue weighted by Gasteiger charge is 2.51. The third-order valence-corrected chi connectivity index (χ3v) is 5.66. The maximum Gasteiger partial charge on any atom is 0.352 e. The van der Waals surface area contributed by atoms with Gasteiger partial charge in [-0.05, 0) is 11.6 Å². The zero-order valence-corrected chi connectivity index (χ0v) is 15.2. The molecule has 1 aliphatic rings. The molecule has 0 unspecified atom stereocenters. The van der Waals surface area contributed by atoms with E-state index in [1.165, 1.54) is 11.3 Å². The Morgan fingerprint density at radius 1 is 1.00 bits per heavy atom. The van der Waals surface area contributed by atoms with E-state index in [1.807, 2.05) is 30.3 Å². The fraction of sp³-hybridized carbons (Fsp3) is 0.158. The minimum Gasteiger partial charge on any atom is -0.369 e. The quantitative estimate of drug-likeness (QED) is 0.551. The molecule has 0 bridgehead atoms. The van der Waals surface area contributed by atoms with Gasteiger partial charge in [0.2, 0.25) is 10.9 Å². The lowest BCUT2D eigenvalue weighted by molar-refractivity contribution is -0.136. The highest BCUT2D eigenvalue weighted by Crippen LogP contribution is 2.40. The van der Waals surface area contributed by atoms with Gasteiger partial charge in [-0.3, -0.25) is 9.59 Å². The largest absolute Gasteiger partial charge is 0.369 e. The number of primary amides is 2. The predicted octanol–water partition coefficient (Wildman–Crippen LogP) is 1.24. The van der Waals surface area contributed by atoms with Gasteiger partial charge < -0.3 is 11.5 Å². The molecular formula is C19H18N3O4S+. The number of carbonyl (C=O) groups excluding carboxylic acids is 4. The molecule has 4 amide bonds. The molecular weight excluding hydrogens is 366 g/mol. The Hall–Kier alpha value is -3.10. The summed E-state index contributed by atoms with van der Waals surface area (Å²) < 4.78 is -0.763. The summed E-state index contributed by atoms with van der Waals surface area (Å²) in [5, 5.41) is 0.231. The standard InChI is InChI=1S/C19H17N3O4S/c20-15(23)8-9-22(16(24)6-7-17(22)25)19-14(18(21)26)11-13(27-19)10-12-4-2-1-3-5-12/h1-7,11H,8-10H2,(H3-,20,21,23,26)/p+1. The summed E-state index contributed by atoms with van der Waals surface area (Å²) in [4.78, 5) is 49.4. The molecule has 0 radical (unpaired) electrons. The molecule has 0 saturated carbocycles. The molecule has 1 aliphatic heterocycles. The van der Waals surface area contributed by atoms with Crippen molar-refractivity contribution in [2.24, 2.45) is 11.5 Å². The van der Waals surface area contributed by atoms with E-state index in [0.29, 0.717) is 6.42 Å². The van der Waals surface area contributed by atoms with Crippen molar-refractivity contribution in [1.82, 2.24) is 4.48 Å². The molecule has 138 valence electrons. The predicted molar refractivity (Wildman–Crippen MR) is 102 cm³/mol. The van der Waals surface area contributed by atoms with Crippen LogP contribution in [-0.2, 0) is 20.8 Å². The minimum absolute atomic E-state index is 0.112. The number of amides is 4. The molecule has 0 atom stereocenters. The summed E-state index contributed by atoms with van der Waals surface area (Å²) in [6.45, 7) is -0.147. The molecule has 0 aliphatic carbocycles. The second-order valence-electron chi connectivity index (χ2n) is 6.22. The fourth-order valence-corrected chi connectivity index (χ4v) is 4.44. The highest BCUT2D eigenvalue weighted by molar-refractivity contribution is 7.16. The number of imide groups is 1. The molecule has 3 rings (SSSR count). The number of quaternary nitrogens is 1. The zero-order chi connectivity index (χ0) is 19.6.